The Bertz CT molecular complexity index is 990. The Morgan fingerprint density at radius 3 is 2.32 bits per heavy atom. The molecule has 2 aromatic rings. The molecule has 0 saturated carbocycles. The number of nitriles is 1. The molecule has 0 spiro atoms. The zero-order valence-electron chi connectivity index (χ0n) is 15.8. The van der Waals surface area contributed by atoms with Crippen molar-refractivity contribution in [2.45, 2.75) is 38.0 Å². The smallest absolute Gasteiger partial charge is 0.252 e. The number of benzene rings is 2. The van der Waals surface area contributed by atoms with Gasteiger partial charge in [-0.3, -0.25) is 4.31 Å². The second kappa shape index (κ2) is 9.47. The van der Waals surface area contributed by atoms with Crippen molar-refractivity contribution < 1.29 is 17.2 Å². The number of unbranched alkanes of at least 4 members (excludes halogenated alkanes) is 1. The van der Waals surface area contributed by atoms with Gasteiger partial charge in [-0.1, -0.05) is 49.2 Å². The first-order valence-corrected chi connectivity index (χ1v) is 10.4. The van der Waals surface area contributed by atoms with Crippen LogP contribution in [0.1, 0.15) is 37.3 Å². The van der Waals surface area contributed by atoms with E-state index in [1.54, 1.807) is 24.3 Å². The van der Waals surface area contributed by atoms with E-state index in [9.17, 15) is 22.5 Å². The van der Waals surface area contributed by atoms with E-state index in [0.717, 1.165) is 16.3 Å². The average Bonchev–Trinajstić information content (AvgIpc) is 2.67. The van der Waals surface area contributed by atoms with Crippen LogP contribution in [0, 0.1) is 18.3 Å². The van der Waals surface area contributed by atoms with Gasteiger partial charge in [0.05, 0.1) is 16.7 Å². The maximum absolute atomic E-state index is 13.6. The minimum atomic E-state index is -4.09. The van der Waals surface area contributed by atoms with Gasteiger partial charge < -0.3 is 0 Å². The molecule has 0 saturated heterocycles. The van der Waals surface area contributed by atoms with Crippen LogP contribution in [0.2, 0.25) is 0 Å². The summed E-state index contributed by atoms with van der Waals surface area (Å²) in [5.41, 5.74) is 0.889. The number of aryl methyl sites for hydroxylation is 1. The lowest BCUT2D eigenvalue weighted by atomic mass is 9.99. The fourth-order valence-electron chi connectivity index (χ4n) is 2.83. The number of para-hydroxylation sites is 1. The van der Waals surface area contributed by atoms with Crippen LogP contribution in [0.5, 0.6) is 0 Å². The highest BCUT2D eigenvalue weighted by Gasteiger charge is 2.28. The van der Waals surface area contributed by atoms with Crippen LogP contribution in [0.15, 0.2) is 59.5 Å². The van der Waals surface area contributed by atoms with Crippen molar-refractivity contribution in [1.82, 2.24) is 0 Å². The second-order valence-corrected chi connectivity index (χ2v) is 8.20. The van der Waals surface area contributed by atoms with E-state index in [-0.39, 0.29) is 28.1 Å². The summed E-state index contributed by atoms with van der Waals surface area (Å²) in [5.74, 6) is 0. The Balaban J connectivity index is 2.64. The van der Waals surface area contributed by atoms with Crippen molar-refractivity contribution in [2.24, 2.45) is 0 Å². The van der Waals surface area contributed by atoms with Crippen molar-refractivity contribution in [1.29, 1.82) is 5.26 Å². The molecule has 0 aliphatic heterocycles. The Morgan fingerprint density at radius 1 is 1.11 bits per heavy atom. The number of allylic oxidation sites excluding steroid dienone is 1. The molecule has 28 heavy (non-hydrogen) atoms. The van der Waals surface area contributed by atoms with Gasteiger partial charge in [0.1, 0.15) is 6.54 Å². The first-order valence-electron chi connectivity index (χ1n) is 8.92. The third-order valence-electron chi connectivity index (χ3n) is 4.33. The summed E-state index contributed by atoms with van der Waals surface area (Å²) in [6, 6.07) is 14.1. The third-order valence-corrected chi connectivity index (χ3v) is 6.10. The second-order valence-electron chi connectivity index (χ2n) is 6.34. The molecule has 0 fully saturated rings. The first kappa shape index (κ1) is 21.6. The van der Waals surface area contributed by atoms with E-state index in [0.29, 0.717) is 6.42 Å². The molecular formula is C21H22F2N2O2S. The minimum Gasteiger partial charge on any atom is -0.252 e. The molecule has 0 radical (unpaired) electrons. The van der Waals surface area contributed by atoms with Crippen molar-refractivity contribution in [3.05, 3.63) is 65.7 Å². The van der Waals surface area contributed by atoms with Gasteiger partial charge in [0.2, 0.25) is 0 Å². The molecule has 0 unspecified atom stereocenters. The Labute approximate surface area is 164 Å². The zero-order valence-corrected chi connectivity index (χ0v) is 16.6. The van der Waals surface area contributed by atoms with Crippen LogP contribution in [0.25, 0.3) is 5.57 Å². The highest BCUT2D eigenvalue weighted by molar-refractivity contribution is 7.92. The number of halogens is 2. The number of sulfonamides is 1. The van der Waals surface area contributed by atoms with Gasteiger partial charge in [-0.15, -0.1) is 0 Å². The van der Waals surface area contributed by atoms with Crippen molar-refractivity contribution >= 4 is 21.3 Å². The van der Waals surface area contributed by atoms with E-state index in [4.69, 9.17) is 0 Å². The summed E-state index contributed by atoms with van der Waals surface area (Å²) in [6.07, 6.45) is -0.446. The van der Waals surface area contributed by atoms with E-state index in [1.807, 2.05) is 19.9 Å². The highest BCUT2D eigenvalue weighted by atomic mass is 32.2. The number of nitrogens with zero attached hydrogens (tertiary/aromatic N) is 2. The van der Waals surface area contributed by atoms with Crippen LogP contribution in [-0.4, -0.2) is 15.0 Å². The van der Waals surface area contributed by atoms with Gasteiger partial charge in [-0.05, 0) is 38.0 Å². The summed E-state index contributed by atoms with van der Waals surface area (Å²) in [6.45, 7) is 3.24. The predicted molar refractivity (Wildman–Crippen MR) is 106 cm³/mol. The summed E-state index contributed by atoms with van der Waals surface area (Å²) in [7, 11) is -4.09. The lowest BCUT2D eigenvalue weighted by Crippen LogP contribution is -2.32. The molecule has 4 nitrogen and oxygen atoms in total. The number of hydrogen-bond donors (Lipinski definition) is 0. The summed E-state index contributed by atoms with van der Waals surface area (Å²) in [4.78, 5) is 0.00274. The molecule has 0 N–H and O–H groups in total. The molecule has 2 rings (SSSR count). The molecular weight excluding hydrogens is 382 g/mol. The topological polar surface area (TPSA) is 61.2 Å². The molecule has 148 valence electrons. The van der Waals surface area contributed by atoms with Crippen LogP contribution in [0.3, 0.4) is 0 Å². The monoisotopic (exact) mass is 404 g/mol. The van der Waals surface area contributed by atoms with Crippen LogP contribution in [-0.2, 0) is 10.0 Å². The van der Waals surface area contributed by atoms with Crippen molar-refractivity contribution in [3.8, 4) is 6.07 Å². The molecule has 0 aliphatic carbocycles. The minimum absolute atomic E-state index is 0.00274. The lowest BCUT2D eigenvalue weighted by molar-refractivity contribution is 0.422. The quantitative estimate of drug-likeness (QED) is 0.545. The predicted octanol–water partition coefficient (Wildman–Crippen LogP) is 5.51. The van der Waals surface area contributed by atoms with Crippen LogP contribution >= 0.6 is 0 Å². The SMILES string of the molecule is CCCCC(=C(F)F)c1ccccc1N(CC#N)S(=O)(=O)c1ccc(C)cc1. The van der Waals surface area contributed by atoms with Gasteiger partial charge in [-0.2, -0.15) is 14.0 Å². The van der Waals surface area contributed by atoms with Gasteiger partial charge in [0.15, 0.2) is 0 Å². The molecule has 7 heteroatoms. The Kier molecular flexibility index (Phi) is 7.30. The number of hydrogen-bond acceptors (Lipinski definition) is 3. The lowest BCUT2D eigenvalue weighted by Gasteiger charge is -2.25. The molecule has 0 aliphatic rings. The van der Waals surface area contributed by atoms with Crippen LogP contribution in [0.4, 0.5) is 14.5 Å². The highest BCUT2D eigenvalue weighted by Crippen LogP contribution is 2.35. The maximum Gasteiger partial charge on any atom is 0.274 e. The van der Waals surface area contributed by atoms with E-state index < -0.39 is 22.6 Å². The molecule has 0 aromatic heterocycles. The summed E-state index contributed by atoms with van der Waals surface area (Å²) in [5, 5.41) is 9.22. The molecule has 0 atom stereocenters. The summed E-state index contributed by atoms with van der Waals surface area (Å²) < 4.78 is 54.5. The molecule has 0 heterocycles. The largest absolute Gasteiger partial charge is 0.274 e. The van der Waals surface area contributed by atoms with E-state index in [1.165, 1.54) is 24.3 Å². The first-order chi connectivity index (χ1) is 13.3. The van der Waals surface area contributed by atoms with Gasteiger partial charge in [0.25, 0.3) is 16.1 Å². The van der Waals surface area contributed by atoms with E-state index in [2.05, 4.69) is 0 Å². The summed E-state index contributed by atoms with van der Waals surface area (Å²) >= 11 is 0. The Hall–Kier alpha value is -2.72. The van der Waals surface area contributed by atoms with Gasteiger partial charge >= 0.3 is 0 Å². The fraction of sp³-hybridized carbons (Fsp3) is 0.286. The standard InChI is InChI=1S/C21H22F2N2O2S/c1-3-4-7-19(21(22)23)18-8-5-6-9-20(18)25(15-14-24)28(26,27)17-12-10-16(2)11-13-17/h5-6,8-13H,3-4,7,15H2,1-2H3. The molecule has 0 amide bonds. The molecule has 0 bridgehead atoms. The fourth-order valence-corrected chi connectivity index (χ4v) is 4.21. The third kappa shape index (κ3) is 4.76. The maximum atomic E-state index is 13.6. The van der Waals surface area contributed by atoms with Crippen molar-refractivity contribution in [2.75, 3.05) is 10.8 Å². The van der Waals surface area contributed by atoms with Crippen molar-refractivity contribution in [3.63, 3.8) is 0 Å². The van der Waals surface area contributed by atoms with Crippen LogP contribution < -0.4 is 4.31 Å². The molecule has 2 aromatic carbocycles. The van der Waals surface area contributed by atoms with E-state index >= 15 is 0 Å². The Morgan fingerprint density at radius 2 is 1.75 bits per heavy atom. The zero-order chi connectivity index (χ0) is 20.7. The average molecular weight is 404 g/mol. The van der Waals surface area contributed by atoms with Gasteiger partial charge in [-0.25, -0.2) is 8.42 Å². The normalized spacial score (nSPS) is 11.0. The number of rotatable bonds is 8. The number of anilines is 1. The van der Waals surface area contributed by atoms with Gasteiger partial charge in [0, 0.05) is 11.1 Å².